The predicted octanol–water partition coefficient (Wildman–Crippen LogP) is 2.91. The smallest absolute Gasteiger partial charge is 0.0762 e. The van der Waals surface area contributed by atoms with Crippen LogP contribution in [0.4, 0.5) is 0 Å². The molecule has 0 spiro atoms. The van der Waals surface area contributed by atoms with Crippen molar-refractivity contribution in [2.75, 3.05) is 11.0 Å². The molecule has 0 atom stereocenters. The molecule has 0 aromatic carbocycles. The maximum absolute atomic E-state index is 4.64. The monoisotopic (exact) mass is 333 g/mol. The third-order valence-electron chi connectivity index (χ3n) is 3.16. The zero-order valence-corrected chi connectivity index (χ0v) is 11.8. The summed E-state index contributed by atoms with van der Waals surface area (Å²) in [6.45, 7) is 2.01. The van der Waals surface area contributed by atoms with Crippen molar-refractivity contribution < 1.29 is 0 Å². The van der Waals surface area contributed by atoms with Crippen molar-refractivity contribution in [3.05, 3.63) is 18.0 Å². The first-order valence-corrected chi connectivity index (χ1v) is 7.73. The molecule has 0 unspecified atom stereocenters. The Balaban J connectivity index is 1.77. The second kappa shape index (κ2) is 6.59. The van der Waals surface area contributed by atoms with Gasteiger partial charge in [-0.1, -0.05) is 35.4 Å². The molecule has 3 nitrogen and oxygen atoms in total. The first kappa shape index (κ1) is 12.4. The lowest BCUT2D eigenvalue weighted by molar-refractivity contribution is 0.461. The summed E-state index contributed by atoms with van der Waals surface area (Å²) in [4.78, 5) is 0. The Morgan fingerprint density at radius 3 is 3.00 bits per heavy atom. The molecule has 1 heterocycles. The summed E-state index contributed by atoms with van der Waals surface area (Å²) in [5, 5.41) is 8.07. The van der Waals surface area contributed by atoms with Crippen LogP contribution in [0.15, 0.2) is 12.3 Å². The molecule has 16 heavy (non-hydrogen) atoms. The van der Waals surface area contributed by atoms with Crippen molar-refractivity contribution in [3.63, 3.8) is 0 Å². The number of aromatic nitrogens is 2. The van der Waals surface area contributed by atoms with Gasteiger partial charge in [-0.15, -0.1) is 0 Å². The second-order valence-electron chi connectivity index (χ2n) is 4.44. The third kappa shape index (κ3) is 3.45. The average Bonchev–Trinajstić information content (AvgIpc) is 2.94. The van der Waals surface area contributed by atoms with Crippen LogP contribution in [0.25, 0.3) is 0 Å². The quantitative estimate of drug-likeness (QED) is 0.493. The number of hydrogen-bond donors (Lipinski definition) is 1. The van der Waals surface area contributed by atoms with Crippen molar-refractivity contribution in [1.29, 1.82) is 0 Å². The molecule has 1 aromatic rings. The fourth-order valence-corrected chi connectivity index (χ4v) is 2.63. The molecular formula is C12H20IN3. The molecule has 1 fully saturated rings. The Morgan fingerprint density at radius 2 is 2.25 bits per heavy atom. The summed E-state index contributed by atoms with van der Waals surface area (Å²) in [6.07, 6.45) is 8.74. The van der Waals surface area contributed by atoms with E-state index in [-0.39, 0.29) is 0 Å². The van der Waals surface area contributed by atoms with Gasteiger partial charge >= 0.3 is 0 Å². The standard InChI is InChI=1S/C12H20IN3/c13-7-3-8-14-10-11-6-9-16(15-11)12-4-1-2-5-12/h6,9,12,14H,1-5,7-8,10H2. The molecule has 2 rings (SSSR count). The van der Waals surface area contributed by atoms with E-state index in [1.807, 2.05) is 0 Å². The molecule has 0 amide bonds. The van der Waals surface area contributed by atoms with E-state index in [1.165, 1.54) is 42.2 Å². The first-order valence-electron chi connectivity index (χ1n) is 6.21. The number of rotatable bonds is 6. The molecule has 0 radical (unpaired) electrons. The van der Waals surface area contributed by atoms with E-state index >= 15 is 0 Å². The largest absolute Gasteiger partial charge is 0.311 e. The summed E-state index contributed by atoms with van der Waals surface area (Å²) < 4.78 is 3.39. The maximum Gasteiger partial charge on any atom is 0.0762 e. The van der Waals surface area contributed by atoms with Crippen LogP contribution in [0, 0.1) is 0 Å². The van der Waals surface area contributed by atoms with Crippen LogP contribution < -0.4 is 5.32 Å². The zero-order chi connectivity index (χ0) is 11.2. The molecule has 0 aliphatic heterocycles. The van der Waals surface area contributed by atoms with Crippen LogP contribution in [-0.2, 0) is 6.54 Å². The normalized spacial score (nSPS) is 17.1. The van der Waals surface area contributed by atoms with Crippen molar-refractivity contribution in [2.45, 2.75) is 44.7 Å². The fraction of sp³-hybridized carbons (Fsp3) is 0.750. The molecular weight excluding hydrogens is 313 g/mol. The van der Waals surface area contributed by atoms with Gasteiger partial charge in [0.15, 0.2) is 0 Å². The van der Waals surface area contributed by atoms with Crippen LogP contribution in [0.2, 0.25) is 0 Å². The lowest BCUT2D eigenvalue weighted by atomic mass is 10.3. The predicted molar refractivity (Wildman–Crippen MR) is 74.9 cm³/mol. The maximum atomic E-state index is 4.64. The van der Waals surface area contributed by atoms with Gasteiger partial charge in [0.2, 0.25) is 0 Å². The Labute approximate surface area is 111 Å². The van der Waals surface area contributed by atoms with Gasteiger partial charge in [-0.05, 0) is 31.9 Å². The third-order valence-corrected chi connectivity index (χ3v) is 3.92. The van der Waals surface area contributed by atoms with Gasteiger partial charge < -0.3 is 5.32 Å². The van der Waals surface area contributed by atoms with Gasteiger partial charge in [-0.2, -0.15) is 5.10 Å². The summed E-state index contributed by atoms with van der Waals surface area (Å²) in [7, 11) is 0. The van der Waals surface area contributed by atoms with Gasteiger partial charge in [0.05, 0.1) is 11.7 Å². The van der Waals surface area contributed by atoms with Gasteiger partial charge in [-0.3, -0.25) is 4.68 Å². The number of alkyl halides is 1. The van der Waals surface area contributed by atoms with Crippen molar-refractivity contribution in [1.82, 2.24) is 15.1 Å². The fourth-order valence-electron chi connectivity index (χ4n) is 2.25. The number of nitrogens with one attached hydrogen (secondary N) is 1. The lowest BCUT2D eigenvalue weighted by Gasteiger charge is -2.08. The first-order chi connectivity index (χ1) is 7.90. The van der Waals surface area contributed by atoms with E-state index < -0.39 is 0 Å². The minimum atomic E-state index is 0.670. The summed E-state index contributed by atoms with van der Waals surface area (Å²) >= 11 is 2.41. The average molecular weight is 333 g/mol. The minimum absolute atomic E-state index is 0.670. The highest BCUT2D eigenvalue weighted by Crippen LogP contribution is 2.28. The number of hydrogen-bond acceptors (Lipinski definition) is 2. The molecule has 1 N–H and O–H groups in total. The molecule has 90 valence electrons. The Kier molecular flexibility index (Phi) is 5.09. The van der Waals surface area contributed by atoms with Crippen LogP contribution in [0.1, 0.15) is 43.8 Å². The molecule has 0 saturated heterocycles. The number of halogens is 1. The van der Waals surface area contributed by atoms with Crippen molar-refractivity contribution in [3.8, 4) is 0 Å². The minimum Gasteiger partial charge on any atom is -0.311 e. The second-order valence-corrected chi connectivity index (χ2v) is 5.52. The highest BCUT2D eigenvalue weighted by molar-refractivity contribution is 14.1. The van der Waals surface area contributed by atoms with Gasteiger partial charge in [0, 0.05) is 17.2 Å². The zero-order valence-electron chi connectivity index (χ0n) is 9.66. The molecule has 1 aliphatic rings. The lowest BCUT2D eigenvalue weighted by Crippen LogP contribution is -2.16. The van der Waals surface area contributed by atoms with Crippen molar-refractivity contribution >= 4 is 22.6 Å². The highest BCUT2D eigenvalue weighted by atomic mass is 127. The molecule has 1 aromatic heterocycles. The number of nitrogens with zero attached hydrogens (tertiary/aromatic N) is 2. The van der Waals surface area contributed by atoms with Gasteiger partial charge in [0.1, 0.15) is 0 Å². The van der Waals surface area contributed by atoms with Crippen LogP contribution in [0.5, 0.6) is 0 Å². The van der Waals surface area contributed by atoms with E-state index in [0.717, 1.165) is 13.1 Å². The summed E-state index contributed by atoms with van der Waals surface area (Å²) in [6, 6.07) is 2.82. The summed E-state index contributed by atoms with van der Waals surface area (Å²) in [5.74, 6) is 0. The van der Waals surface area contributed by atoms with Crippen LogP contribution >= 0.6 is 22.6 Å². The van der Waals surface area contributed by atoms with E-state index in [0.29, 0.717) is 6.04 Å². The molecule has 1 saturated carbocycles. The van der Waals surface area contributed by atoms with E-state index in [2.05, 4.69) is 50.0 Å². The Morgan fingerprint density at radius 1 is 1.44 bits per heavy atom. The summed E-state index contributed by atoms with van der Waals surface area (Å²) in [5.41, 5.74) is 1.18. The van der Waals surface area contributed by atoms with E-state index in [9.17, 15) is 0 Å². The van der Waals surface area contributed by atoms with Crippen molar-refractivity contribution in [2.24, 2.45) is 0 Å². The highest BCUT2D eigenvalue weighted by Gasteiger charge is 2.17. The van der Waals surface area contributed by atoms with Crippen LogP contribution in [-0.4, -0.2) is 20.8 Å². The SMILES string of the molecule is ICCCNCc1ccn(C2CCCC2)n1. The van der Waals surface area contributed by atoms with E-state index in [4.69, 9.17) is 0 Å². The topological polar surface area (TPSA) is 29.9 Å². The molecule has 4 heteroatoms. The Hall–Kier alpha value is -0.100. The van der Waals surface area contributed by atoms with E-state index in [1.54, 1.807) is 0 Å². The van der Waals surface area contributed by atoms with Gasteiger partial charge in [0.25, 0.3) is 0 Å². The molecule has 1 aliphatic carbocycles. The Bertz CT molecular complexity index is 305. The molecule has 0 bridgehead atoms. The van der Waals surface area contributed by atoms with Crippen LogP contribution in [0.3, 0.4) is 0 Å². The van der Waals surface area contributed by atoms with Gasteiger partial charge in [-0.25, -0.2) is 0 Å².